The van der Waals surface area contributed by atoms with Gasteiger partial charge in [0, 0.05) is 63.5 Å². The van der Waals surface area contributed by atoms with Crippen LogP contribution in [0.3, 0.4) is 0 Å². The summed E-state index contributed by atoms with van der Waals surface area (Å²) < 4.78 is 18.0. The van der Waals surface area contributed by atoms with Crippen molar-refractivity contribution in [2.75, 3.05) is 34.4 Å². The predicted octanol–water partition coefficient (Wildman–Crippen LogP) is 0.399. The molecule has 0 aromatic rings. The summed E-state index contributed by atoms with van der Waals surface area (Å²) in [6.07, 6.45) is 2.77. The molecule has 170 valence electrons. The maximum Gasteiger partial charge on any atom is 0.124 e. The summed E-state index contributed by atoms with van der Waals surface area (Å²) in [6.45, 7) is 3.62. The van der Waals surface area contributed by atoms with Crippen LogP contribution in [0.25, 0.3) is 0 Å². The maximum atomic E-state index is 12.4. The van der Waals surface area contributed by atoms with Gasteiger partial charge in [0.05, 0.1) is 23.9 Å². The molecule has 30 heavy (non-hydrogen) atoms. The van der Waals surface area contributed by atoms with Crippen LogP contribution in [0, 0.1) is 29.1 Å². The second-order valence-electron chi connectivity index (χ2n) is 11.1. The first-order valence-corrected chi connectivity index (χ1v) is 11.8. The second kappa shape index (κ2) is 5.99. The first-order valence-electron chi connectivity index (χ1n) is 11.8. The summed E-state index contributed by atoms with van der Waals surface area (Å²) >= 11 is 0. The van der Waals surface area contributed by atoms with Gasteiger partial charge >= 0.3 is 0 Å². The largest absolute Gasteiger partial charge is 0.388 e. The Morgan fingerprint density at radius 3 is 2.40 bits per heavy atom. The lowest BCUT2D eigenvalue weighted by Crippen LogP contribution is -2.83. The summed E-state index contributed by atoms with van der Waals surface area (Å²) in [5.74, 6) is -0.262. The molecule has 0 unspecified atom stereocenters. The van der Waals surface area contributed by atoms with Crippen molar-refractivity contribution in [1.29, 1.82) is 0 Å². The Hall–Kier alpha value is -0.280. The van der Waals surface area contributed by atoms with E-state index >= 15 is 0 Å². The Kier molecular flexibility index (Phi) is 4.06. The van der Waals surface area contributed by atoms with Gasteiger partial charge in [-0.1, -0.05) is 6.92 Å². The van der Waals surface area contributed by atoms with E-state index in [2.05, 4.69) is 11.8 Å². The predicted molar refractivity (Wildman–Crippen MR) is 108 cm³/mol. The Morgan fingerprint density at radius 2 is 1.77 bits per heavy atom. The normalized spacial score (nSPS) is 63.3. The van der Waals surface area contributed by atoms with Crippen molar-refractivity contribution in [2.45, 2.75) is 80.2 Å². The number of likely N-dealkylation sites (N-methyl/N-ethyl adjacent to an activating group) is 1. The lowest BCUT2D eigenvalue weighted by atomic mass is 9.44. The van der Waals surface area contributed by atoms with Crippen LogP contribution in [0.2, 0.25) is 0 Å². The van der Waals surface area contributed by atoms with E-state index in [1.54, 1.807) is 21.3 Å². The molecule has 0 amide bonds. The van der Waals surface area contributed by atoms with Gasteiger partial charge in [-0.05, 0) is 38.1 Å². The van der Waals surface area contributed by atoms with Gasteiger partial charge in [0.15, 0.2) is 0 Å². The van der Waals surface area contributed by atoms with Crippen LogP contribution in [0.15, 0.2) is 0 Å². The van der Waals surface area contributed by atoms with Crippen molar-refractivity contribution in [3.63, 3.8) is 0 Å². The highest BCUT2D eigenvalue weighted by Gasteiger charge is 2.88. The summed E-state index contributed by atoms with van der Waals surface area (Å²) in [7, 11) is 5.13. The molecule has 7 heteroatoms. The lowest BCUT2D eigenvalue weighted by molar-refractivity contribution is -0.338. The zero-order valence-electron chi connectivity index (χ0n) is 18.6. The van der Waals surface area contributed by atoms with Gasteiger partial charge in [0.2, 0.25) is 0 Å². The molecule has 7 nitrogen and oxygen atoms in total. The van der Waals surface area contributed by atoms with E-state index in [4.69, 9.17) is 14.2 Å². The zero-order chi connectivity index (χ0) is 21.3. The smallest absolute Gasteiger partial charge is 0.124 e. The highest BCUT2D eigenvalue weighted by atomic mass is 16.5. The Labute approximate surface area is 178 Å². The van der Waals surface area contributed by atoms with Gasteiger partial charge in [0.25, 0.3) is 0 Å². The van der Waals surface area contributed by atoms with Crippen molar-refractivity contribution in [3.8, 4) is 0 Å². The SMILES string of the molecule is CCN1C[C@]2(O)CC[C@H](OC)[C@]34[C@@H]2C[C@@H]([C@@H]13)[C@@]1(O)C[C@H](OC)[C@H]2C[C@@H]4[C@]1(O)[C@H]2OC. The van der Waals surface area contributed by atoms with Crippen molar-refractivity contribution in [1.82, 2.24) is 4.90 Å². The Morgan fingerprint density at radius 1 is 1.00 bits per heavy atom. The van der Waals surface area contributed by atoms with E-state index in [1.807, 2.05) is 0 Å². The summed E-state index contributed by atoms with van der Waals surface area (Å²) in [5.41, 5.74) is -3.81. The molecule has 6 aliphatic rings. The molecule has 7 bridgehead atoms. The molecule has 1 heterocycles. The van der Waals surface area contributed by atoms with Crippen LogP contribution in [0.5, 0.6) is 0 Å². The third kappa shape index (κ3) is 1.80. The third-order valence-electron chi connectivity index (χ3n) is 10.9. The molecule has 1 saturated heterocycles. The minimum Gasteiger partial charge on any atom is -0.388 e. The maximum absolute atomic E-state index is 12.4. The van der Waals surface area contributed by atoms with Gasteiger partial charge < -0.3 is 29.5 Å². The van der Waals surface area contributed by atoms with E-state index in [-0.39, 0.29) is 47.3 Å². The molecule has 1 spiro atoms. The fourth-order valence-corrected chi connectivity index (χ4v) is 10.3. The summed E-state index contributed by atoms with van der Waals surface area (Å²) in [6, 6.07) is 0.0974. The number of methoxy groups -OCH3 is 3. The molecule has 1 aliphatic heterocycles. The Balaban J connectivity index is 1.63. The number of hydrogen-bond acceptors (Lipinski definition) is 7. The average Bonchev–Trinajstić information content (AvgIpc) is 3.16. The van der Waals surface area contributed by atoms with Gasteiger partial charge in [0.1, 0.15) is 11.2 Å². The molecule has 0 radical (unpaired) electrons. The number of rotatable bonds is 4. The van der Waals surface area contributed by atoms with Gasteiger partial charge in [-0.2, -0.15) is 0 Å². The van der Waals surface area contributed by atoms with Crippen molar-refractivity contribution >= 4 is 0 Å². The molecule has 5 saturated carbocycles. The lowest BCUT2D eigenvalue weighted by Gasteiger charge is -2.70. The van der Waals surface area contributed by atoms with E-state index in [0.717, 1.165) is 32.2 Å². The van der Waals surface area contributed by atoms with Gasteiger partial charge in [-0.3, -0.25) is 4.90 Å². The highest BCUT2D eigenvalue weighted by molar-refractivity contribution is 5.38. The molecule has 5 aliphatic carbocycles. The van der Waals surface area contributed by atoms with Crippen LogP contribution in [-0.2, 0) is 14.2 Å². The summed E-state index contributed by atoms with van der Waals surface area (Å²) in [4.78, 5) is 2.40. The number of ether oxygens (including phenoxy) is 3. The quantitative estimate of drug-likeness (QED) is 0.603. The number of fused-ring (bicyclic) bond motifs is 2. The first kappa shape index (κ1) is 20.3. The number of piperidine rings is 1. The third-order valence-corrected chi connectivity index (χ3v) is 10.9. The van der Waals surface area contributed by atoms with Crippen LogP contribution in [-0.4, -0.2) is 95.8 Å². The van der Waals surface area contributed by atoms with Crippen molar-refractivity contribution < 1.29 is 29.5 Å². The number of likely N-dealkylation sites (tertiary alicyclic amines) is 1. The monoisotopic (exact) mass is 423 g/mol. The molecular formula is C23H37NO6. The standard InChI is InChI=1S/C23H37NO6/c1-5-24-11-20(25)7-6-17(29-3)22-15(20)9-13(18(22)24)21(26)10-14(28-2)12-8-16(22)23(21,27)19(12)30-4/h12-19,25-27H,5-11H2,1-4H3/t12-,13+,14+,15-,16+,17+,18-,19+,20-,21+,22-,23+/m1/s1. The van der Waals surface area contributed by atoms with Crippen LogP contribution < -0.4 is 0 Å². The number of β-amino-alcohol motifs (C(OH)–C–C–N with tert-alkyl or cyclic N) is 1. The molecule has 0 aromatic heterocycles. The number of hydrogen-bond donors (Lipinski definition) is 3. The van der Waals surface area contributed by atoms with E-state index < -0.39 is 22.9 Å². The van der Waals surface area contributed by atoms with Crippen molar-refractivity contribution in [3.05, 3.63) is 0 Å². The van der Waals surface area contributed by atoms with Gasteiger partial charge in [-0.25, -0.2) is 0 Å². The van der Waals surface area contributed by atoms with Crippen molar-refractivity contribution in [2.24, 2.45) is 29.1 Å². The second-order valence-corrected chi connectivity index (χ2v) is 11.1. The molecule has 6 rings (SSSR count). The molecule has 6 fully saturated rings. The summed E-state index contributed by atoms with van der Waals surface area (Å²) in [5, 5.41) is 36.8. The number of nitrogens with zero attached hydrogens (tertiary/aromatic N) is 1. The van der Waals surface area contributed by atoms with E-state index in [1.165, 1.54) is 0 Å². The van der Waals surface area contributed by atoms with Crippen LogP contribution >= 0.6 is 0 Å². The molecular weight excluding hydrogens is 386 g/mol. The van der Waals surface area contributed by atoms with E-state index in [0.29, 0.717) is 13.0 Å². The van der Waals surface area contributed by atoms with Crippen LogP contribution in [0.4, 0.5) is 0 Å². The fraction of sp³-hybridized carbons (Fsp3) is 1.00. The minimum atomic E-state index is -1.34. The van der Waals surface area contributed by atoms with Crippen LogP contribution in [0.1, 0.15) is 39.0 Å². The van der Waals surface area contributed by atoms with E-state index in [9.17, 15) is 15.3 Å². The topological polar surface area (TPSA) is 91.6 Å². The molecule has 12 atom stereocenters. The Bertz CT molecular complexity index is 751. The highest BCUT2D eigenvalue weighted by Crippen LogP contribution is 2.78. The number of aliphatic hydroxyl groups is 3. The van der Waals surface area contributed by atoms with Gasteiger partial charge in [-0.15, -0.1) is 0 Å². The first-order chi connectivity index (χ1) is 14.3. The zero-order valence-corrected chi connectivity index (χ0v) is 18.6. The molecule has 3 N–H and O–H groups in total. The average molecular weight is 424 g/mol. The minimum absolute atomic E-state index is 0.0300. The fourth-order valence-electron chi connectivity index (χ4n) is 10.3. The molecule has 0 aromatic carbocycles.